The minimum absolute atomic E-state index is 0.592. The second-order valence-corrected chi connectivity index (χ2v) is 8.36. The zero-order valence-electron chi connectivity index (χ0n) is 5.74. The number of rotatable bonds is 2. The Bertz CT molecular complexity index is 81.0. The third-order valence-corrected chi connectivity index (χ3v) is 6.07. The molecular formula is C7H13I2-. The molecule has 1 fully saturated rings. The summed E-state index contributed by atoms with van der Waals surface area (Å²) in [5.74, 6) is 0. The monoisotopic (exact) mass is 351 g/mol. The molecule has 2 heteroatoms. The van der Waals surface area contributed by atoms with Crippen LogP contribution in [0.5, 0.6) is 0 Å². The van der Waals surface area contributed by atoms with Crippen molar-refractivity contribution in [2.45, 2.75) is 34.0 Å². The van der Waals surface area contributed by atoms with E-state index in [4.69, 9.17) is 0 Å². The second kappa shape index (κ2) is 4.36. The van der Waals surface area contributed by atoms with Crippen LogP contribution in [0.15, 0.2) is 0 Å². The van der Waals surface area contributed by atoms with Crippen LogP contribution in [0.2, 0.25) is 0 Å². The summed E-state index contributed by atoms with van der Waals surface area (Å²) in [5.41, 5.74) is 0. The van der Waals surface area contributed by atoms with E-state index < -0.39 is 0 Å². The van der Waals surface area contributed by atoms with Gasteiger partial charge in [-0.3, -0.25) is 0 Å². The Morgan fingerprint density at radius 3 is 2.78 bits per heavy atom. The van der Waals surface area contributed by atoms with Gasteiger partial charge in [-0.05, 0) is 0 Å². The number of alkyl halides is 3. The zero-order chi connectivity index (χ0) is 6.69. The van der Waals surface area contributed by atoms with Crippen LogP contribution in [0, 0.1) is 0 Å². The van der Waals surface area contributed by atoms with Crippen molar-refractivity contribution >= 4 is 22.6 Å². The van der Waals surface area contributed by atoms with Gasteiger partial charge in [-0.1, -0.05) is 0 Å². The predicted molar refractivity (Wildman–Crippen MR) is 46.0 cm³/mol. The molecular weight excluding hydrogens is 338 g/mol. The number of hydrogen-bond acceptors (Lipinski definition) is 0. The topological polar surface area (TPSA) is 0 Å². The van der Waals surface area contributed by atoms with Crippen molar-refractivity contribution in [1.82, 2.24) is 0 Å². The molecule has 9 heavy (non-hydrogen) atoms. The minimum atomic E-state index is 0.592. The maximum atomic E-state index is 2.60. The van der Waals surface area contributed by atoms with E-state index in [9.17, 15) is 0 Å². The molecule has 0 amide bonds. The van der Waals surface area contributed by atoms with Crippen LogP contribution in [0.1, 0.15) is 26.2 Å². The maximum absolute atomic E-state index is 2.60. The molecule has 0 saturated heterocycles. The fraction of sp³-hybridized carbons (Fsp3) is 1.00. The van der Waals surface area contributed by atoms with Crippen LogP contribution in [-0.2, 0) is 0 Å². The van der Waals surface area contributed by atoms with Crippen LogP contribution in [-0.4, -0.2) is 12.3 Å². The SMILES string of the molecule is CC[I-]C1CCC(I)C1. The van der Waals surface area contributed by atoms with E-state index in [1.807, 2.05) is 0 Å². The van der Waals surface area contributed by atoms with Crippen LogP contribution in [0.4, 0.5) is 0 Å². The summed E-state index contributed by atoms with van der Waals surface area (Å²) >= 11 is 3.20. The molecule has 0 heterocycles. The van der Waals surface area contributed by atoms with E-state index >= 15 is 0 Å². The second-order valence-electron chi connectivity index (χ2n) is 2.43. The van der Waals surface area contributed by atoms with E-state index in [-0.39, 0.29) is 0 Å². The van der Waals surface area contributed by atoms with E-state index in [1.165, 1.54) is 14.8 Å². The van der Waals surface area contributed by atoms with Gasteiger partial charge in [0.15, 0.2) is 0 Å². The Morgan fingerprint density at radius 2 is 2.33 bits per heavy atom. The van der Waals surface area contributed by atoms with Crippen LogP contribution >= 0.6 is 22.6 Å². The van der Waals surface area contributed by atoms with Gasteiger partial charge in [-0.2, -0.15) is 0 Å². The molecule has 0 radical (unpaired) electrons. The first-order chi connectivity index (χ1) is 4.33. The summed E-state index contributed by atoms with van der Waals surface area (Å²) in [6, 6.07) is 0. The van der Waals surface area contributed by atoms with Crippen LogP contribution in [0.25, 0.3) is 0 Å². The van der Waals surface area contributed by atoms with Gasteiger partial charge in [0.1, 0.15) is 0 Å². The third-order valence-electron chi connectivity index (χ3n) is 1.68. The first-order valence-electron chi connectivity index (χ1n) is 3.54. The van der Waals surface area contributed by atoms with E-state index in [1.54, 1.807) is 12.8 Å². The van der Waals surface area contributed by atoms with Crippen molar-refractivity contribution in [3.63, 3.8) is 0 Å². The van der Waals surface area contributed by atoms with Gasteiger partial charge in [-0.25, -0.2) is 0 Å². The molecule has 1 rings (SSSR count). The molecule has 1 saturated carbocycles. The van der Waals surface area contributed by atoms with Crippen LogP contribution in [0.3, 0.4) is 0 Å². The van der Waals surface area contributed by atoms with E-state index in [0.717, 1.165) is 3.92 Å². The molecule has 1 aliphatic carbocycles. The average Bonchev–Trinajstić information content (AvgIpc) is 2.17. The van der Waals surface area contributed by atoms with Gasteiger partial charge in [0.05, 0.1) is 0 Å². The first kappa shape index (κ1) is 8.56. The third kappa shape index (κ3) is 2.91. The molecule has 0 aromatic carbocycles. The fourth-order valence-electron chi connectivity index (χ4n) is 1.23. The van der Waals surface area contributed by atoms with E-state index in [2.05, 4.69) is 29.5 Å². The Morgan fingerprint density at radius 1 is 1.56 bits per heavy atom. The fourth-order valence-corrected chi connectivity index (χ4v) is 6.20. The molecule has 1 aliphatic rings. The Labute approximate surface area is 81.6 Å². The summed E-state index contributed by atoms with van der Waals surface area (Å²) in [7, 11) is 0. The van der Waals surface area contributed by atoms with Gasteiger partial charge < -0.3 is 0 Å². The molecule has 56 valence electrons. The molecule has 0 spiro atoms. The Hall–Kier alpha value is 1.46. The van der Waals surface area contributed by atoms with E-state index in [0.29, 0.717) is 21.2 Å². The van der Waals surface area contributed by atoms with Gasteiger partial charge in [0, 0.05) is 0 Å². The summed E-state index contributed by atoms with van der Waals surface area (Å²) in [6.45, 7) is 2.34. The predicted octanol–water partition coefficient (Wildman–Crippen LogP) is -0.549. The molecule has 2 atom stereocenters. The number of halogens is 2. The summed E-state index contributed by atoms with van der Waals surface area (Å²) in [5, 5.41) is 0. The Kier molecular flexibility index (Phi) is 4.15. The van der Waals surface area contributed by atoms with Gasteiger partial charge >= 0.3 is 82.3 Å². The van der Waals surface area contributed by atoms with Gasteiger partial charge in [0.25, 0.3) is 0 Å². The average molecular weight is 351 g/mol. The van der Waals surface area contributed by atoms with Crippen molar-refractivity contribution in [2.75, 3.05) is 4.43 Å². The summed E-state index contributed by atoms with van der Waals surface area (Å²) < 4.78 is 3.71. The molecule has 0 aliphatic heterocycles. The van der Waals surface area contributed by atoms with Crippen LogP contribution < -0.4 is 21.2 Å². The standard InChI is InChI=1S/C7H13I2/c1-2-9-7-4-3-6(8)5-7/h6-7H,2-5H2,1H3/q-1. The van der Waals surface area contributed by atoms with Crippen molar-refractivity contribution in [3.05, 3.63) is 0 Å². The zero-order valence-corrected chi connectivity index (χ0v) is 10.1. The normalized spacial score (nSPS) is 35.8. The molecule has 2 unspecified atom stereocenters. The summed E-state index contributed by atoms with van der Waals surface area (Å²) in [4.78, 5) is 0. The van der Waals surface area contributed by atoms with Gasteiger partial charge in [-0.15, -0.1) is 0 Å². The van der Waals surface area contributed by atoms with Crippen molar-refractivity contribution < 1.29 is 21.2 Å². The summed E-state index contributed by atoms with van der Waals surface area (Å²) in [6.07, 6.45) is 4.60. The molecule has 0 nitrogen and oxygen atoms in total. The van der Waals surface area contributed by atoms with Crippen molar-refractivity contribution in [2.24, 2.45) is 0 Å². The first-order valence-corrected chi connectivity index (χ1v) is 7.56. The molecule has 0 bridgehead atoms. The number of hydrogen-bond donors (Lipinski definition) is 0. The molecule has 0 aromatic rings. The van der Waals surface area contributed by atoms with Crippen molar-refractivity contribution in [3.8, 4) is 0 Å². The molecule has 0 N–H and O–H groups in total. The van der Waals surface area contributed by atoms with Crippen molar-refractivity contribution in [1.29, 1.82) is 0 Å². The molecule has 0 aromatic heterocycles. The quantitative estimate of drug-likeness (QED) is 0.463. The Balaban J connectivity index is 2.14. The van der Waals surface area contributed by atoms with Gasteiger partial charge in [0.2, 0.25) is 0 Å².